The van der Waals surface area contributed by atoms with Crippen LogP contribution < -0.4 is 5.56 Å². The van der Waals surface area contributed by atoms with Crippen LogP contribution in [0.2, 0.25) is 5.02 Å². The fraction of sp³-hybridized carbons (Fsp3) is 0.292. The second kappa shape index (κ2) is 6.05. The Labute approximate surface area is 179 Å². The fourth-order valence-corrected chi connectivity index (χ4v) is 4.74. The van der Waals surface area contributed by atoms with Crippen LogP contribution in [-0.2, 0) is 10.8 Å². The predicted molar refractivity (Wildman–Crippen MR) is 121 cm³/mol. The Bertz CT molecular complexity index is 1380. The molecule has 4 aromatic rings. The molecular formula is C24H23ClN4O. The third-order valence-electron chi connectivity index (χ3n) is 6.09. The van der Waals surface area contributed by atoms with Crippen molar-refractivity contribution < 1.29 is 0 Å². The van der Waals surface area contributed by atoms with Crippen LogP contribution in [0.1, 0.15) is 51.6 Å². The van der Waals surface area contributed by atoms with Crippen LogP contribution in [0.3, 0.4) is 0 Å². The summed E-state index contributed by atoms with van der Waals surface area (Å²) in [6.07, 6.45) is 3.69. The van der Waals surface area contributed by atoms with Gasteiger partial charge >= 0.3 is 0 Å². The van der Waals surface area contributed by atoms with Crippen molar-refractivity contribution in [3.63, 3.8) is 0 Å². The predicted octanol–water partition coefficient (Wildman–Crippen LogP) is 5.37. The third-order valence-corrected chi connectivity index (χ3v) is 6.41. The molecule has 1 aliphatic heterocycles. The van der Waals surface area contributed by atoms with E-state index in [-0.39, 0.29) is 11.0 Å². The number of nitrogens with one attached hydrogen (secondary N) is 1. The first-order valence-corrected chi connectivity index (χ1v) is 10.4. The number of hydrogen-bond acceptors (Lipinski definition) is 3. The molecular weight excluding hydrogens is 396 g/mol. The number of aromatic amines is 1. The largest absolute Gasteiger partial charge is 0.296 e. The summed E-state index contributed by atoms with van der Waals surface area (Å²) in [4.78, 5) is 17.6. The van der Waals surface area contributed by atoms with Crippen LogP contribution in [0.15, 0.2) is 47.5 Å². The number of rotatable bonds is 1. The van der Waals surface area contributed by atoms with E-state index in [1.807, 2.05) is 24.5 Å². The zero-order chi connectivity index (χ0) is 21.4. The Kier molecular flexibility index (Phi) is 3.84. The van der Waals surface area contributed by atoms with Gasteiger partial charge in [-0.15, -0.1) is 0 Å². The lowest BCUT2D eigenvalue weighted by atomic mass is 9.84. The highest BCUT2D eigenvalue weighted by Gasteiger charge is 2.40. The van der Waals surface area contributed by atoms with Crippen LogP contribution >= 0.6 is 11.6 Å². The molecule has 152 valence electrons. The van der Waals surface area contributed by atoms with Gasteiger partial charge in [0.1, 0.15) is 5.82 Å². The van der Waals surface area contributed by atoms with E-state index in [2.05, 4.69) is 72.6 Å². The van der Waals surface area contributed by atoms with E-state index in [9.17, 15) is 4.79 Å². The Morgan fingerprint density at radius 3 is 2.53 bits per heavy atom. The lowest BCUT2D eigenvalue weighted by molar-refractivity contribution is 0.587. The summed E-state index contributed by atoms with van der Waals surface area (Å²) >= 11 is 6.51. The van der Waals surface area contributed by atoms with Gasteiger partial charge in [-0.2, -0.15) is 10.1 Å². The Balaban J connectivity index is 1.94. The molecule has 0 atom stereocenters. The summed E-state index contributed by atoms with van der Waals surface area (Å²) in [5, 5.41) is 7.86. The molecule has 1 N–H and O–H groups in total. The summed E-state index contributed by atoms with van der Waals surface area (Å²) in [6, 6.07) is 10.2. The van der Waals surface area contributed by atoms with Crippen LogP contribution in [-0.4, -0.2) is 19.7 Å². The first-order valence-electron chi connectivity index (χ1n) is 10.0. The minimum atomic E-state index is -0.431. The van der Waals surface area contributed by atoms with Gasteiger partial charge in [-0.25, -0.2) is 0 Å². The highest BCUT2D eigenvalue weighted by molar-refractivity contribution is 6.35. The first kappa shape index (κ1) is 19.1. The van der Waals surface area contributed by atoms with Crippen molar-refractivity contribution >= 4 is 22.5 Å². The number of nitrogens with zero attached hydrogens (tertiary/aromatic N) is 3. The van der Waals surface area contributed by atoms with Gasteiger partial charge in [0.05, 0.1) is 33.2 Å². The van der Waals surface area contributed by atoms with Gasteiger partial charge in [-0.1, -0.05) is 44.5 Å². The first-order chi connectivity index (χ1) is 14.1. The number of benzene rings is 2. The van der Waals surface area contributed by atoms with Crippen LogP contribution in [0.5, 0.6) is 0 Å². The van der Waals surface area contributed by atoms with Crippen LogP contribution in [0.25, 0.3) is 27.7 Å². The molecule has 0 saturated heterocycles. The van der Waals surface area contributed by atoms with Gasteiger partial charge in [-0.3, -0.25) is 14.5 Å². The molecule has 2 aromatic heterocycles. The van der Waals surface area contributed by atoms with Gasteiger partial charge in [0, 0.05) is 11.8 Å². The minimum absolute atomic E-state index is 0.166. The van der Waals surface area contributed by atoms with Crippen molar-refractivity contribution in [2.24, 2.45) is 0 Å². The number of halogens is 1. The number of aromatic nitrogens is 4. The quantitative estimate of drug-likeness (QED) is 0.452. The summed E-state index contributed by atoms with van der Waals surface area (Å²) < 4.78 is 2.14. The molecule has 5 nitrogen and oxygen atoms in total. The highest BCUT2D eigenvalue weighted by atomic mass is 35.5. The molecule has 3 heterocycles. The zero-order valence-corrected chi connectivity index (χ0v) is 18.4. The van der Waals surface area contributed by atoms with Crippen molar-refractivity contribution in [3.05, 3.63) is 75.1 Å². The zero-order valence-electron chi connectivity index (χ0n) is 17.7. The van der Waals surface area contributed by atoms with Crippen molar-refractivity contribution in [1.82, 2.24) is 19.7 Å². The topological polar surface area (TPSA) is 63.6 Å². The normalized spacial score (nSPS) is 14.7. The van der Waals surface area contributed by atoms with Gasteiger partial charge < -0.3 is 0 Å². The smallest absolute Gasteiger partial charge is 0.282 e. The molecule has 1 aliphatic rings. The minimum Gasteiger partial charge on any atom is -0.296 e. The van der Waals surface area contributed by atoms with E-state index >= 15 is 0 Å². The molecule has 0 fully saturated rings. The second-order valence-corrected chi connectivity index (χ2v) is 9.90. The van der Waals surface area contributed by atoms with E-state index in [0.717, 1.165) is 39.3 Å². The van der Waals surface area contributed by atoms with Gasteiger partial charge in [0.2, 0.25) is 0 Å². The van der Waals surface area contributed by atoms with Gasteiger partial charge in [0.25, 0.3) is 5.56 Å². The lowest BCUT2D eigenvalue weighted by Gasteiger charge is -2.25. The number of hydrogen-bond donors (Lipinski definition) is 1. The Hall–Kier alpha value is -2.92. The van der Waals surface area contributed by atoms with Crippen LogP contribution in [0.4, 0.5) is 0 Å². The third kappa shape index (κ3) is 2.51. The summed E-state index contributed by atoms with van der Waals surface area (Å²) in [5.41, 5.74) is 5.32. The van der Waals surface area contributed by atoms with Crippen molar-refractivity contribution in [2.75, 3.05) is 0 Å². The average molecular weight is 419 g/mol. The summed E-state index contributed by atoms with van der Waals surface area (Å²) in [6.45, 7) is 10.7. The summed E-state index contributed by atoms with van der Waals surface area (Å²) in [5.74, 6) is 0.743. The summed E-state index contributed by atoms with van der Waals surface area (Å²) in [7, 11) is 0. The molecule has 30 heavy (non-hydrogen) atoms. The Morgan fingerprint density at radius 2 is 1.87 bits per heavy atom. The molecule has 0 unspecified atom stereocenters. The van der Waals surface area contributed by atoms with Crippen molar-refractivity contribution in [1.29, 1.82) is 0 Å². The van der Waals surface area contributed by atoms with E-state index in [1.54, 1.807) is 0 Å². The lowest BCUT2D eigenvalue weighted by Crippen LogP contribution is -2.25. The number of H-pyrrole nitrogens is 1. The maximum atomic E-state index is 13.1. The molecule has 0 bridgehead atoms. The molecule has 0 radical (unpaired) electrons. The fourth-order valence-electron chi connectivity index (χ4n) is 4.51. The molecule has 0 spiro atoms. The molecule has 5 rings (SSSR count). The molecule has 6 heteroatoms. The molecule has 0 saturated carbocycles. The van der Waals surface area contributed by atoms with Crippen molar-refractivity contribution in [3.8, 4) is 16.8 Å². The monoisotopic (exact) mass is 418 g/mol. The second-order valence-electron chi connectivity index (χ2n) is 9.49. The highest BCUT2D eigenvalue weighted by Crippen LogP contribution is 2.46. The van der Waals surface area contributed by atoms with E-state index < -0.39 is 5.41 Å². The van der Waals surface area contributed by atoms with Gasteiger partial charge in [0.15, 0.2) is 0 Å². The van der Waals surface area contributed by atoms with Crippen molar-refractivity contribution in [2.45, 2.75) is 45.4 Å². The molecule has 0 amide bonds. The van der Waals surface area contributed by atoms with E-state index in [0.29, 0.717) is 10.4 Å². The Morgan fingerprint density at radius 1 is 1.10 bits per heavy atom. The SMILES string of the molecule is CC(C)(C)c1ccc(Cl)c2c(=O)nc3n(c12)-c1ccc(-c2cn[nH]c2)cc1C3(C)C. The maximum absolute atomic E-state index is 13.1. The van der Waals surface area contributed by atoms with Crippen LogP contribution in [0, 0.1) is 0 Å². The average Bonchev–Trinajstić information content (AvgIpc) is 3.27. The molecule has 2 aromatic carbocycles. The standard InChI is InChI=1S/C24H23ClN4O/c1-23(2,3)15-7-8-17(25)19-20(15)29-18-9-6-13(14-11-26-27-12-14)10-16(18)24(4,5)22(29)28-21(19)30/h6-12H,1-5H3,(H,26,27). The maximum Gasteiger partial charge on any atom is 0.282 e. The van der Waals surface area contributed by atoms with E-state index in [4.69, 9.17) is 11.6 Å². The van der Waals surface area contributed by atoms with Gasteiger partial charge in [-0.05, 0) is 54.2 Å². The van der Waals surface area contributed by atoms with E-state index in [1.165, 1.54) is 0 Å². The number of fused-ring (bicyclic) bond motifs is 5. The molecule has 0 aliphatic carbocycles.